The van der Waals surface area contributed by atoms with Crippen molar-refractivity contribution >= 4 is 0 Å². The van der Waals surface area contributed by atoms with Crippen LogP contribution in [0.3, 0.4) is 0 Å². The molecule has 1 atom stereocenters. The zero-order valence-corrected chi connectivity index (χ0v) is 15.4. The van der Waals surface area contributed by atoms with Gasteiger partial charge in [-0.05, 0) is 23.8 Å². The molecule has 26 heavy (non-hydrogen) atoms. The van der Waals surface area contributed by atoms with Crippen molar-refractivity contribution in [2.75, 3.05) is 41.0 Å². The molecule has 1 fully saturated rings. The van der Waals surface area contributed by atoms with E-state index in [1.54, 1.807) is 33.5 Å². The van der Waals surface area contributed by atoms with Crippen molar-refractivity contribution in [3.05, 3.63) is 53.3 Å². The fraction of sp³-hybridized carbons (Fsp3) is 0.400. The molecule has 140 valence electrons. The minimum absolute atomic E-state index is 0.0947. The first-order chi connectivity index (χ1) is 12.7. The molecule has 0 bridgehead atoms. The van der Waals surface area contributed by atoms with Crippen LogP contribution in [0.4, 0.5) is 4.39 Å². The highest BCUT2D eigenvalue weighted by Crippen LogP contribution is 2.41. The van der Waals surface area contributed by atoms with Crippen LogP contribution in [0, 0.1) is 5.82 Å². The molecule has 6 heteroatoms. The van der Waals surface area contributed by atoms with Crippen molar-refractivity contribution < 1.29 is 18.6 Å². The first-order valence-electron chi connectivity index (χ1n) is 8.66. The number of rotatable bonds is 6. The second kappa shape index (κ2) is 8.38. The molecule has 3 rings (SSSR count). The van der Waals surface area contributed by atoms with E-state index in [9.17, 15) is 4.39 Å². The molecule has 0 amide bonds. The molecule has 2 aromatic rings. The van der Waals surface area contributed by atoms with Crippen LogP contribution in [0.1, 0.15) is 17.2 Å². The fourth-order valence-corrected chi connectivity index (χ4v) is 3.48. The van der Waals surface area contributed by atoms with Gasteiger partial charge in [0, 0.05) is 37.8 Å². The zero-order chi connectivity index (χ0) is 18.5. The van der Waals surface area contributed by atoms with Crippen molar-refractivity contribution in [2.45, 2.75) is 12.6 Å². The summed E-state index contributed by atoms with van der Waals surface area (Å²) in [6.45, 7) is 3.20. The van der Waals surface area contributed by atoms with Crippen LogP contribution >= 0.6 is 0 Å². The molecule has 0 spiro atoms. The highest BCUT2D eigenvalue weighted by Gasteiger charge is 2.26. The number of hydrogen-bond acceptors (Lipinski definition) is 5. The standard InChI is InChI=1S/C20H25FN2O3/c1-24-18-8-7-15(19(25-2)20(18)26-3)13-23-10-9-22-12-17(23)14-5-4-6-16(21)11-14/h4-8,11,17,22H,9-10,12-13H2,1-3H3. The number of piperazine rings is 1. The number of methoxy groups -OCH3 is 3. The lowest BCUT2D eigenvalue weighted by Crippen LogP contribution is -2.45. The Morgan fingerprint density at radius 1 is 1.08 bits per heavy atom. The number of hydrogen-bond donors (Lipinski definition) is 1. The average molecular weight is 360 g/mol. The summed E-state index contributed by atoms with van der Waals surface area (Å²) in [6, 6.07) is 10.8. The van der Waals surface area contributed by atoms with Gasteiger partial charge in [-0.2, -0.15) is 0 Å². The van der Waals surface area contributed by atoms with Crippen LogP contribution in [0.25, 0.3) is 0 Å². The third kappa shape index (κ3) is 3.76. The number of halogens is 1. The molecule has 1 saturated heterocycles. The van der Waals surface area contributed by atoms with Gasteiger partial charge in [0.2, 0.25) is 5.75 Å². The minimum atomic E-state index is -0.211. The highest BCUT2D eigenvalue weighted by molar-refractivity contribution is 5.55. The molecule has 5 nitrogen and oxygen atoms in total. The molecule has 1 aliphatic rings. The van der Waals surface area contributed by atoms with Gasteiger partial charge in [-0.1, -0.05) is 18.2 Å². The van der Waals surface area contributed by atoms with Crippen LogP contribution in [0.2, 0.25) is 0 Å². The Hall–Kier alpha value is -2.31. The van der Waals surface area contributed by atoms with E-state index >= 15 is 0 Å². The average Bonchev–Trinajstić information content (AvgIpc) is 2.67. The quantitative estimate of drug-likeness (QED) is 0.858. The van der Waals surface area contributed by atoms with E-state index in [2.05, 4.69) is 10.2 Å². The summed E-state index contributed by atoms with van der Waals surface area (Å²) in [4.78, 5) is 2.33. The lowest BCUT2D eigenvalue weighted by atomic mass is 10.0. The zero-order valence-electron chi connectivity index (χ0n) is 15.4. The number of ether oxygens (including phenoxy) is 3. The van der Waals surface area contributed by atoms with Gasteiger partial charge in [0.15, 0.2) is 11.5 Å². The first kappa shape index (κ1) is 18.5. The Morgan fingerprint density at radius 3 is 2.58 bits per heavy atom. The van der Waals surface area contributed by atoms with Crippen molar-refractivity contribution in [1.82, 2.24) is 10.2 Å². The van der Waals surface area contributed by atoms with Gasteiger partial charge < -0.3 is 19.5 Å². The third-order valence-electron chi connectivity index (χ3n) is 4.75. The predicted octanol–water partition coefficient (Wildman–Crippen LogP) is 3.00. The molecule has 1 unspecified atom stereocenters. The van der Waals surface area contributed by atoms with Gasteiger partial charge in [0.05, 0.1) is 21.3 Å². The summed E-state index contributed by atoms with van der Waals surface area (Å²) >= 11 is 0. The van der Waals surface area contributed by atoms with Crippen LogP contribution in [-0.2, 0) is 6.54 Å². The lowest BCUT2D eigenvalue weighted by molar-refractivity contribution is 0.151. The summed E-state index contributed by atoms with van der Waals surface area (Å²) in [5.41, 5.74) is 1.98. The minimum Gasteiger partial charge on any atom is -0.493 e. The van der Waals surface area contributed by atoms with E-state index in [4.69, 9.17) is 14.2 Å². The summed E-state index contributed by atoms with van der Waals surface area (Å²) in [6.07, 6.45) is 0. The van der Waals surface area contributed by atoms with E-state index in [0.717, 1.165) is 30.8 Å². The molecular weight excluding hydrogens is 335 g/mol. The Balaban J connectivity index is 1.91. The molecule has 1 N–H and O–H groups in total. The van der Waals surface area contributed by atoms with E-state index in [0.29, 0.717) is 23.8 Å². The molecule has 0 aliphatic carbocycles. The monoisotopic (exact) mass is 360 g/mol. The summed E-state index contributed by atoms with van der Waals surface area (Å²) < 4.78 is 30.1. The maximum absolute atomic E-state index is 13.7. The molecular formula is C20H25FN2O3. The van der Waals surface area contributed by atoms with E-state index < -0.39 is 0 Å². The van der Waals surface area contributed by atoms with Crippen molar-refractivity contribution in [3.63, 3.8) is 0 Å². The number of nitrogens with one attached hydrogen (secondary N) is 1. The van der Waals surface area contributed by atoms with Crippen LogP contribution in [0.5, 0.6) is 17.2 Å². The van der Waals surface area contributed by atoms with Gasteiger partial charge in [-0.3, -0.25) is 4.90 Å². The third-order valence-corrected chi connectivity index (χ3v) is 4.75. The lowest BCUT2D eigenvalue weighted by Gasteiger charge is -2.37. The molecule has 0 aromatic heterocycles. The molecule has 0 radical (unpaired) electrons. The Kier molecular flexibility index (Phi) is 5.96. The Morgan fingerprint density at radius 2 is 1.88 bits per heavy atom. The largest absolute Gasteiger partial charge is 0.493 e. The van der Waals surface area contributed by atoms with E-state index in [1.165, 1.54) is 6.07 Å². The SMILES string of the molecule is COc1ccc(CN2CCNCC2c2cccc(F)c2)c(OC)c1OC. The first-order valence-corrected chi connectivity index (χ1v) is 8.66. The van der Waals surface area contributed by atoms with E-state index in [1.807, 2.05) is 18.2 Å². The van der Waals surface area contributed by atoms with Gasteiger partial charge >= 0.3 is 0 Å². The maximum atomic E-state index is 13.7. The molecule has 0 saturated carbocycles. The van der Waals surface area contributed by atoms with Crippen LogP contribution < -0.4 is 19.5 Å². The highest BCUT2D eigenvalue weighted by atomic mass is 19.1. The summed E-state index contributed by atoms with van der Waals surface area (Å²) in [7, 11) is 4.83. The van der Waals surface area contributed by atoms with Gasteiger partial charge in [0.25, 0.3) is 0 Å². The second-order valence-electron chi connectivity index (χ2n) is 6.24. The molecule has 2 aromatic carbocycles. The van der Waals surface area contributed by atoms with Crippen LogP contribution in [0.15, 0.2) is 36.4 Å². The second-order valence-corrected chi connectivity index (χ2v) is 6.24. The van der Waals surface area contributed by atoms with Crippen molar-refractivity contribution in [2.24, 2.45) is 0 Å². The molecule has 1 heterocycles. The number of nitrogens with zero attached hydrogens (tertiary/aromatic N) is 1. The smallest absolute Gasteiger partial charge is 0.203 e. The Bertz CT molecular complexity index is 754. The maximum Gasteiger partial charge on any atom is 0.203 e. The van der Waals surface area contributed by atoms with Crippen LogP contribution in [-0.4, -0.2) is 45.9 Å². The summed E-state index contributed by atoms with van der Waals surface area (Å²) in [5, 5.41) is 3.40. The normalized spacial score (nSPS) is 17.8. The van der Waals surface area contributed by atoms with Gasteiger partial charge in [-0.25, -0.2) is 4.39 Å². The van der Waals surface area contributed by atoms with Gasteiger partial charge in [0.1, 0.15) is 5.82 Å². The predicted molar refractivity (Wildman–Crippen MR) is 98.5 cm³/mol. The summed E-state index contributed by atoms with van der Waals surface area (Å²) in [5.74, 6) is 1.68. The topological polar surface area (TPSA) is 43.0 Å². The van der Waals surface area contributed by atoms with E-state index in [-0.39, 0.29) is 11.9 Å². The fourth-order valence-electron chi connectivity index (χ4n) is 3.48. The number of benzene rings is 2. The van der Waals surface area contributed by atoms with Crippen molar-refractivity contribution in [3.8, 4) is 17.2 Å². The van der Waals surface area contributed by atoms with Crippen molar-refractivity contribution in [1.29, 1.82) is 0 Å². The molecule has 1 aliphatic heterocycles. The van der Waals surface area contributed by atoms with Gasteiger partial charge in [-0.15, -0.1) is 0 Å². The Labute approximate surface area is 153 Å².